The lowest BCUT2D eigenvalue weighted by atomic mass is 9.71. The molecular weight excluding hydrogens is 248 g/mol. The number of allylic oxidation sites excluding steroid dienone is 1. The molecule has 2 fully saturated rings. The molecule has 0 aromatic heterocycles. The number of anilines is 1. The topological polar surface area (TPSA) is 41.1 Å². The van der Waals surface area contributed by atoms with E-state index in [1.807, 2.05) is 18.2 Å². The fourth-order valence-corrected chi connectivity index (χ4v) is 3.34. The van der Waals surface area contributed by atoms with Crippen LogP contribution in [-0.2, 0) is 0 Å². The van der Waals surface area contributed by atoms with E-state index in [0.29, 0.717) is 18.0 Å². The van der Waals surface area contributed by atoms with Crippen LogP contribution in [0, 0.1) is 11.8 Å². The highest BCUT2D eigenvalue weighted by molar-refractivity contribution is 5.95. The maximum absolute atomic E-state index is 12.0. The zero-order chi connectivity index (χ0) is 13.5. The van der Waals surface area contributed by atoms with E-state index in [1.54, 1.807) is 0 Å². The number of carbonyl (C=O) groups excluding carboxylic acids is 1. The Kier molecular flexibility index (Phi) is 2.79. The van der Waals surface area contributed by atoms with Gasteiger partial charge in [-0.3, -0.25) is 4.79 Å². The van der Waals surface area contributed by atoms with E-state index in [9.17, 15) is 4.79 Å². The van der Waals surface area contributed by atoms with Crippen molar-refractivity contribution < 1.29 is 4.79 Å². The van der Waals surface area contributed by atoms with Crippen molar-refractivity contribution in [1.82, 2.24) is 5.32 Å². The van der Waals surface area contributed by atoms with Gasteiger partial charge in [0.2, 0.25) is 0 Å². The van der Waals surface area contributed by atoms with Crippen molar-refractivity contribution in [2.75, 3.05) is 5.32 Å². The number of rotatable bonds is 4. The van der Waals surface area contributed by atoms with E-state index in [-0.39, 0.29) is 5.91 Å². The highest BCUT2D eigenvalue weighted by Gasteiger charge is 2.40. The molecule has 0 bridgehead atoms. The summed E-state index contributed by atoms with van der Waals surface area (Å²) in [5.74, 6) is 1.61. The molecule has 104 valence electrons. The molecule has 3 atom stereocenters. The summed E-state index contributed by atoms with van der Waals surface area (Å²) in [5, 5.41) is 6.62. The van der Waals surface area contributed by atoms with Gasteiger partial charge >= 0.3 is 0 Å². The molecule has 1 aromatic rings. The van der Waals surface area contributed by atoms with Crippen molar-refractivity contribution in [3.8, 4) is 0 Å². The molecule has 0 radical (unpaired) electrons. The first-order chi connectivity index (χ1) is 9.79. The number of benzene rings is 1. The van der Waals surface area contributed by atoms with Gasteiger partial charge in [-0.2, -0.15) is 0 Å². The molecule has 0 saturated heterocycles. The Bertz CT molecular complexity index is 562. The minimum atomic E-state index is 0.0587. The van der Waals surface area contributed by atoms with Crippen LogP contribution in [-0.4, -0.2) is 18.0 Å². The molecule has 1 aromatic carbocycles. The predicted molar refractivity (Wildman–Crippen MR) is 79.7 cm³/mol. The third kappa shape index (κ3) is 2.21. The maximum Gasteiger partial charge on any atom is 0.251 e. The molecule has 4 rings (SSSR count). The third-order valence-electron chi connectivity index (χ3n) is 4.75. The molecular formula is C17H20N2O. The smallest absolute Gasteiger partial charge is 0.251 e. The van der Waals surface area contributed by atoms with Crippen molar-refractivity contribution >= 4 is 11.6 Å². The van der Waals surface area contributed by atoms with Crippen molar-refractivity contribution in [2.45, 2.75) is 37.8 Å². The average molecular weight is 268 g/mol. The Labute approximate surface area is 119 Å². The lowest BCUT2D eigenvalue weighted by molar-refractivity contribution is 0.0951. The molecule has 2 saturated carbocycles. The zero-order valence-electron chi connectivity index (χ0n) is 11.5. The van der Waals surface area contributed by atoms with Gasteiger partial charge in [0, 0.05) is 29.3 Å². The Hall–Kier alpha value is -1.77. The van der Waals surface area contributed by atoms with Crippen LogP contribution < -0.4 is 10.6 Å². The molecule has 0 aliphatic heterocycles. The Morgan fingerprint density at radius 2 is 2.15 bits per heavy atom. The van der Waals surface area contributed by atoms with Gasteiger partial charge in [0.15, 0.2) is 0 Å². The highest BCUT2D eigenvalue weighted by atomic mass is 16.1. The van der Waals surface area contributed by atoms with Gasteiger partial charge < -0.3 is 10.6 Å². The Morgan fingerprint density at radius 1 is 1.25 bits per heavy atom. The van der Waals surface area contributed by atoms with Crippen LogP contribution in [0.5, 0.6) is 0 Å². The first kappa shape index (κ1) is 12.0. The first-order valence-corrected chi connectivity index (χ1v) is 7.64. The highest BCUT2D eigenvalue weighted by Crippen LogP contribution is 2.44. The quantitative estimate of drug-likeness (QED) is 0.824. The summed E-state index contributed by atoms with van der Waals surface area (Å²) in [6, 6.07) is 8.84. The van der Waals surface area contributed by atoms with E-state index in [2.05, 4.69) is 28.9 Å². The van der Waals surface area contributed by atoms with E-state index >= 15 is 0 Å². The van der Waals surface area contributed by atoms with Gasteiger partial charge in [-0.15, -0.1) is 0 Å². The number of amides is 1. The first-order valence-electron chi connectivity index (χ1n) is 7.64. The summed E-state index contributed by atoms with van der Waals surface area (Å²) in [6.07, 6.45) is 9.39. The molecule has 0 heterocycles. The standard InChI is InChI=1S/C17H20N2O/c20-17(19-13-7-8-13)12-4-1-5-14(9-12)18-16-10-11-3-2-6-15(11)16/h1-2,4-6,9,11,13,15-16,18H,3,7-8,10H2,(H,19,20). The number of hydrogen-bond donors (Lipinski definition) is 2. The predicted octanol–water partition coefficient (Wildman–Crippen LogP) is 2.96. The van der Waals surface area contributed by atoms with Crippen molar-refractivity contribution in [3.05, 3.63) is 42.0 Å². The summed E-state index contributed by atoms with van der Waals surface area (Å²) in [6.45, 7) is 0. The summed E-state index contributed by atoms with van der Waals surface area (Å²) >= 11 is 0. The van der Waals surface area contributed by atoms with Crippen LogP contribution >= 0.6 is 0 Å². The molecule has 3 aliphatic rings. The zero-order valence-corrected chi connectivity index (χ0v) is 11.5. The van der Waals surface area contributed by atoms with Crippen LogP contribution in [0.15, 0.2) is 36.4 Å². The minimum absolute atomic E-state index is 0.0587. The van der Waals surface area contributed by atoms with Crippen LogP contribution in [0.4, 0.5) is 5.69 Å². The monoisotopic (exact) mass is 268 g/mol. The van der Waals surface area contributed by atoms with Gasteiger partial charge in [0.05, 0.1) is 0 Å². The SMILES string of the molecule is O=C(NC1CC1)c1cccc(NC2CC3CC=CC32)c1. The van der Waals surface area contributed by atoms with Crippen LogP contribution in [0.3, 0.4) is 0 Å². The van der Waals surface area contributed by atoms with Gasteiger partial charge in [0.25, 0.3) is 5.91 Å². The molecule has 0 spiro atoms. The second-order valence-electron chi connectivity index (χ2n) is 6.32. The minimum Gasteiger partial charge on any atom is -0.382 e. The lowest BCUT2D eigenvalue weighted by Crippen LogP contribution is -2.43. The number of carbonyl (C=O) groups is 1. The Balaban J connectivity index is 1.43. The summed E-state index contributed by atoms with van der Waals surface area (Å²) in [4.78, 5) is 12.0. The van der Waals surface area contributed by atoms with Gasteiger partial charge in [-0.1, -0.05) is 18.2 Å². The lowest BCUT2D eigenvalue weighted by Gasteiger charge is -2.41. The molecule has 3 heteroatoms. The molecule has 3 aliphatic carbocycles. The van der Waals surface area contributed by atoms with Crippen LogP contribution in [0.2, 0.25) is 0 Å². The van der Waals surface area contributed by atoms with E-state index in [1.165, 1.54) is 12.8 Å². The Morgan fingerprint density at radius 3 is 2.95 bits per heavy atom. The van der Waals surface area contributed by atoms with E-state index in [0.717, 1.165) is 30.0 Å². The normalized spacial score (nSPS) is 30.5. The number of nitrogens with one attached hydrogen (secondary N) is 2. The van der Waals surface area contributed by atoms with Crippen LogP contribution in [0.1, 0.15) is 36.0 Å². The molecule has 2 N–H and O–H groups in total. The van der Waals surface area contributed by atoms with Gasteiger partial charge in [0.1, 0.15) is 0 Å². The van der Waals surface area contributed by atoms with E-state index < -0.39 is 0 Å². The molecule has 3 nitrogen and oxygen atoms in total. The van der Waals surface area contributed by atoms with Gasteiger partial charge in [-0.05, 0) is 49.8 Å². The van der Waals surface area contributed by atoms with E-state index in [4.69, 9.17) is 0 Å². The molecule has 20 heavy (non-hydrogen) atoms. The summed E-state index contributed by atoms with van der Waals surface area (Å²) < 4.78 is 0. The van der Waals surface area contributed by atoms with Crippen LogP contribution in [0.25, 0.3) is 0 Å². The average Bonchev–Trinajstić information content (AvgIpc) is 3.17. The summed E-state index contributed by atoms with van der Waals surface area (Å²) in [5.41, 5.74) is 1.83. The van der Waals surface area contributed by atoms with Crippen molar-refractivity contribution in [1.29, 1.82) is 0 Å². The second kappa shape index (κ2) is 4.65. The second-order valence-corrected chi connectivity index (χ2v) is 6.32. The number of fused-ring (bicyclic) bond motifs is 1. The van der Waals surface area contributed by atoms with Gasteiger partial charge in [-0.25, -0.2) is 0 Å². The molecule has 3 unspecified atom stereocenters. The van der Waals surface area contributed by atoms with Crippen molar-refractivity contribution in [3.63, 3.8) is 0 Å². The number of hydrogen-bond acceptors (Lipinski definition) is 2. The third-order valence-corrected chi connectivity index (χ3v) is 4.75. The fraction of sp³-hybridized carbons (Fsp3) is 0.471. The maximum atomic E-state index is 12.0. The fourth-order valence-electron chi connectivity index (χ4n) is 3.34. The molecule has 1 amide bonds. The largest absolute Gasteiger partial charge is 0.382 e. The summed E-state index contributed by atoms with van der Waals surface area (Å²) in [7, 11) is 0. The van der Waals surface area contributed by atoms with Crippen molar-refractivity contribution in [2.24, 2.45) is 11.8 Å².